The van der Waals surface area contributed by atoms with Crippen LogP contribution in [0.25, 0.3) is 0 Å². The molecule has 2 N–H and O–H groups in total. The van der Waals surface area contributed by atoms with Gasteiger partial charge in [0.25, 0.3) is 0 Å². The number of nitrogens with one attached hydrogen (secondary N) is 1. The molecule has 1 aliphatic heterocycles. The number of rotatable bonds is 1. The maximum Gasteiger partial charge on any atom is 0.407 e. The fourth-order valence-corrected chi connectivity index (χ4v) is 1.35. The van der Waals surface area contributed by atoms with Crippen molar-refractivity contribution in [2.24, 2.45) is 0 Å². The van der Waals surface area contributed by atoms with Gasteiger partial charge in [-0.3, -0.25) is 0 Å². The van der Waals surface area contributed by atoms with Crippen LogP contribution in [0.15, 0.2) is 18.2 Å². The average Bonchev–Trinajstić information content (AvgIpc) is 2.57. The minimum Gasteiger partial charge on any atom is -0.505 e. The van der Waals surface area contributed by atoms with Crippen LogP contribution < -0.4 is 5.32 Å². The van der Waals surface area contributed by atoms with Gasteiger partial charge in [-0.05, 0) is 6.07 Å². The number of carbonyl (C=O) groups excluding carboxylic acids is 1. The third-order valence-corrected chi connectivity index (χ3v) is 2.05. The fourth-order valence-electron chi connectivity index (χ4n) is 1.35. The van der Waals surface area contributed by atoms with E-state index in [2.05, 4.69) is 5.32 Å². The Morgan fingerprint density at radius 2 is 2.36 bits per heavy atom. The first kappa shape index (κ1) is 8.80. The van der Waals surface area contributed by atoms with Crippen LogP contribution >= 0.6 is 0 Å². The second kappa shape index (κ2) is 3.17. The lowest BCUT2D eigenvalue weighted by molar-refractivity contribution is 0.139. The van der Waals surface area contributed by atoms with Gasteiger partial charge < -0.3 is 15.2 Å². The molecule has 1 saturated heterocycles. The Morgan fingerprint density at radius 3 is 3.00 bits per heavy atom. The SMILES string of the molecule is O=C1NCC(c2cccc(F)c2O)O1. The minimum atomic E-state index is -0.717. The number of phenols is 1. The van der Waals surface area contributed by atoms with Gasteiger partial charge in [-0.1, -0.05) is 12.1 Å². The Labute approximate surface area is 79.3 Å². The molecule has 5 heteroatoms. The van der Waals surface area contributed by atoms with Crippen LogP contribution in [0.4, 0.5) is 9.18 Å². The molecule has 0 spiro atoms. The van der Waals surface area contributed by atoms with Crippen molar-refractivity contribution in [3.8, 4) is 5.75 Å². The molecule has 1 aliphatic rings. The third kappa shape index (κ3) is 1.37. The number of hydrogen-bond acceptors (Lipinski definition) is 3. The summed E-state index contributed by atoms with van der Waals surface area (Å²) >= 11 is 0. The van der Waals surface area contributed by atoms with Crippen LogP contribution in [0.2, 0.25) is 0 Å². The Morgan fingerprint density at radius 1 is 1.57 bits per heavy atom. The molecule has 0 aliphatic carbocycles. The number of para-hydroxylation sites is 1. The van der Waals surface area contributed by atoms with Crippen LogP contribution in [-0.2, 0) is 4.74 Å². The first-order chi connectivity index (χ1) is 6.68. The summed E-state index contributed by atoms with van der Waals surface area (Å²) in [6.07, 6.45) is -1.17. The number of carbonyl (C=O) groups is 1. The van der Waals surface area contributed by atoms with E-state index in [0.717, 1.165) is 6.07 Å². The summed E-state index contributed by atoms with van der Waals surface area (Å²) < 4.78 is 17.7. The molecule has 14 heavy (non-hydrogen) atoms. The number of ether oxygens (including phenoxy) is 1. The highest BCUT2D eigenvalue weighted by atomic mass is 19.1. The van der Waals surface area contributed by atoms with Gasteiger partial charge in [0.15, 0.2) is 11.6 Å². The van der Waals surface area contributed by atoms with Crippen molar-refractivity contribution in [2.75, 3.05) is 6.54 Å². The molecule has 0 saturated carbocycles. The van der Waals surface area contributed by atoms with Gasteiger partial charge in [0, 0.05) is 5.56 Å². The molecule has 1 amide bonds. The van der Waals surface area contributed by atoms with Crippen LogP contribution in [-0.4, -0.2) is 17.7 Å². The highest BCUT2D eigenvalue weighted by Crippen LogP contribution is 2.30. The van der Waals surface area contributed by atoms with Gasteiger partial charge in [0.1, 0.15) is 6.10 Å². The lowest BCUT2D eigenvalue weighted by Gasteiger charge is -2.09. The zero-order valence-electron chi connectivity index (χ0n) is 7.16. The molecule has 0 bridgehead atoms. The van der Waals surface area contributed by atoms with Crippen LogP contribution in [0.1, 0.15) is 11.7 Å². The number of benzene rings is 1. The summed E-state index contributed by atoms with van der Waals surface area (Å²) in [6.45, 7) is 0.246. The summed E-state index contributed by atoms with van der Waals surface area (Å²) in [7, 11) is 0. The van der Waals surface area contributed by atoms with Crippen molar-refractivity contribution in [1.29, 1.82) is 0 Å². The number of alkyl carbamates (subject to hydrolysis) is 1. The molecule has 74 valence electrons. The van der Waals surface area contributed by atoms with Crippen LogP contribution in [0.5, 0.6) is 5.75 Å². The van der Waals surface area contributed by atoms with Gasteiger partial charge in [-0.2, -0.15) is 0 Å². The molecule has 1 unspecified atom stereocenters. The predicted molar refractivity (Wildman–Crippen MR) is 45.3 cm³/mol. The highest BCUT2D eigenvalue weighted by Gasteiger charge is 2.27. The van der Waals surface area contributed by atoms with Crippen molar-refractivity contribution < 1.29 is 19.0 Å². The van der Waals surface area contributed by atoms with E-state index < -0.39 is 23.8 Å². The molecule has 1 aromatic rings. The van der Waals surface area contributed by atoms with E-state index in [-0.39, 0.29) is 12.1 Å². The highest BCUT2D eigenvalue weighted by molar-refractivity contribution is 5.70. The van der Waals surface area contributed by atoms with E-state index in [4.69, 9.17) is 4.74 Å². The Hall–Kier alpha value is -1.78. The molecule has 1 fully saturated rings. The third-order valence-electron chi connectivity index (χ3n) is 2.05. The number of cyclic esters (lactones) is 1. The van der Waals surface area contributed by atoms with Crippen molar-refractivity contribution >= 4 is 6.09 Å². The van der Waals surface area contributed by atoms with Gasteiger partial charge >= 0.3 is 6.09 Å². The van der Waals surface area contributed by atoms with E-state index in [1.807, 2.05) is 0 Å². The summed E-state index contributed by atoms with van der Waals surface area (Å²) in [5, 5.41) is 11.8. The molecule has 1 aromatic carbocycles. The lowest BCUT2D eigenvalue weighted by Crippen LogP contribution is -2.12. The minimum absolute atomic E-state index is 0.246. The quantitative estimate of drug-likeness (QED) is 0.713. The molecule has 0 aromatic heterocycles. The van der Waals surface area contributed by atoms with Gasteiger partial charge in [0.2, 0.25) is 0 Å². The number of phenolic OH excluding ortho intramolecular Hbond substituents is 1. The largest absolute Gasteiger partial charge is 0.505 e. The summed E-state index contributed by atoms with van der Waals surface area (Å²) in [5.74, 6) is -1.18. The molecule has 0 radical (unpaired) electrons. The van der Waals surface area contributed by atoms with Gasteiger partial charge in [-0.25, -0.2) is 9.18 Å². The second-order valence-corrected chi connectivity index (χ2v) is 2.95. The standard InChI is InChI=1S/C9H8FNO3/c10-6-3-1-2-5(8(6)12)7-4-11-9(13)14-7/h1-3,7,12H,4H2,(H,11,13). The number of halogens is 1. The van der Waals surface area contributed by atoms with Crippen LogP contribution in [0.3, 0.4) is 0 Å². The maximum atomic E-state index is 12.9. The summed E-state index contributed by atoms with van der Waals surface area (Å²) in [6, 6.07) is 4.11. The number of aromatic hydroxyl groups is 1. The molecule has 1 atom stereocenters. The summed E-state index contributed by atoms with van der Waals surface area (Å²) in [4.78, 5) is 10.7. The topological polar surface area (TPSA) is 58.6 Å². The summed E-state index contributed by atoms with van der Waals surface area (Å²) in [5.41, 5.74) is 0.281. The fraction of sp³-hybridized carbons (Fsp3) is 0.222. The molecule has 1 heterocycles. The smallest absolute Gasteiger partial charge is 0.407 e. The Kier molecular flexibility index (Phi) is 1.99. The molecular formula is C9H8FNO3. The first-order valence-electron chi connectivity index (χ1n) is 4.10. The van der Waals surface area contributed by atoms with E-state index in [9.17, 15) is 14.3 Å². The molecular weight excluding hydrogens is 189 g/mol. The number of hydrogen-bond donors (Lipinski definition) is 2. The first-order valence-corrected chi connectivity index (χ1v) is 4.10. The van der Waals surface area contributed by atoms with Crippen molar-refractivity contribution in [2.45, 2.75) is 6.10 Å². The van der Waals surface area contributed by atoms with Crippen molar-refractivity contribution in [3.63, 3.8) is 0 Å². The zero-order chi connectivity index (χ0) is 10.1. The van der Waals surface area contributed by atoms with Crippen molar-refractivity contribution in [1.82, 2.24) is 5.32 Å². The second-order valence-electron chi connectivity index (χ2n) is 2.95. The van der Waals surface area contributed by atoms with E-state index in [0.29, 0.717) is 0 Å². The van der Waals surface area contributed by atoms with Crippen LogP contribution in [0, 0.1) is 5.82 Å². The monoisotopic (exact) mass is 197 g/mol. The van der Waals surface area contributed by atoms with Gasteiger partial charge in [0.05, 0.1) is 6.54 Å². The normalized spacial score (nSPS) is 20.4. The molecule has 2 rings (SSSR count). The molecule has 4 nitrogen and oxygen atoms in total. The zero-order valence-corrected chi connectivity index (χ0v) is 7.16. The lowest BCUT2D eigenvalue weighted by atomic mass is 10.1. The Bertz CT molecular complexity index is 380. The number of amides is 1. The van der Waals surface area contributed by atoms with E-state index in [1.54, 1.807) is 0 Å². The Balaban J connectivity index is 2.32. The van der Waals surface area contributed by atoms with E-state index in [1.165, 1.54) is 12.1 Å². The maximum absolute atomic E-state index is 12.9. The van der Waals surface area contributed by atoms with Crippen molar-refractivity contribution in [3.05, 3.63) is 29.6 Å². The van der Waals surface area contributed by atoms with E-state index >= 15 is 0 Å². The van der Waals surface area contributed by atoms with Gasteiger partial charge in [-0.15, -0.1) is 0 Å². The average molecular weight is 197 g/mol. The predicted octanol–water partition coefficient (Wildman–Crippen LogP) is 1.31.